The van der Waals surface area contributed by atoms with E-state index in [1.807, 2.05) is 0 Å². The molecule has 18 heavy (non-hydrogen) atoms. The zero-order chi connectivity index (χ0) is 13.1. The number of benzene rings is 1. The van der Waals surface area contributed by atoms with Crippen LogP contribution in [0, 0.1) is 11.3 Å². The first-order valence-electron chi connectivity index (χ1n) is 5.86. The molecule has 0 radical (unpaired) electrons. The van der Waals surface area contributed by atoms with Crippen molar-refractivity contribution in [3.05, 3.63) is 23.8 Å². The lowest BCUT2D eigenvalue weighted by Gasteiger charge is -2.31. The van der Waals surface area contributed by atoms with Gasteiger partial charge in [0.25, 0.3) is 5.91 Å². The predicted octanol–water partition coefficient (Wildman–Crippen LogP) is 1.62. The van der Waals surface area contributed by atoms with Crippen LogP contribution >= 0.6 is 0 Å². The largest absolute Gasteiger partial charge is 0.504 e. The van der Waals surface area contributed by atoms with Gasteiger partial charge in [0.2, 0.25) is 0 Å². The summed E-state index contributed by atoms with van der Waals surface area (Å²) in [6.07, 6.45) is 2.52. The Kier molecular flexibility index (Phi) is 3.38. The summed E-state index contributed by atoms with van der Waals surface area (Å²) >= 11 is 0. The summed E-state index contributed by atoms with van der Waals surface area (Å²) < 4.78 is 0. The van der Waals surface area contributed by atoms with Crippen molar-refractivity contribution in [1.29, 1.82) is 5.26 Å². The lowest BCUT2D eigenvalue weighted by molar-refractivity contribution is 0.0670. The van der Waals surface area contributed by atoms with E-state index in [9.17, 15) is 15.0 Å². The molecule has 1 aromatic rings. The molecule has 0 saturated carbocycles. The Morgan fingerprint density at radius 1 is 1.33 bits per heavy atom. The molecule has 5 heteroatoms. The number of hydrogen-bond donors (Lipinski definition) is 2. The van der Waals surface area contributed by atoms with E-state index < -0.39 is 6.04 Å². The molecule has 5 nitrogen and oxygen atoms in total. The molecular weight excluding hydrogens is 232 g/mol. The number of amides is 1. The molecule has 1 heterocycles. The summed E-state index contributed by atoms with van der Waals surface area (Å²) in [4.78, 5) is 13.7. The van der Waals surface area contributed by atoms with Crippen LogP contribution in [0.15, 0.2) is 18.2 Å². The molecule has 2 rings (SSSR count). The van der Waals surface area contributed by atoms with Gasteiger partial charge in [-0.15, -0.1) is 0 Å². The van der Waals surface area contributed by atoms with E-state index in [0.29, 0.717) is 13.0 Å². The van der Waals surface area contributed by atoms with Gasteiger partial charge < -0.3 is 15.1 Å². The van der Waals surface area contributed by atoms with E-state index in [-0.39, 0.29) is 23.0 Å². The zero-order valence-electron chi connectivity index (χ0n) is 9.83. The molecule has 1 amide bonds. The summed E-state index contributed by atoms with van der Waals surface area (Å²) in [5, 5.41) is 27.6. The van der Waals surface area contributed by atoms with Crippen LogP contribution < -0.4 is 0 Å². The van der Waals surface area contributed by atoms with E-state index >= 15 is 0 Å². The number of carbonyl (C=O) groups excluding carboxylic acids is 1. The number of nitriles is 1. The maximum Gasteiger partial charge on any atom is 0.255 e. The molecule has 94 valence electrons. The maximum absolute atomic E-state index is 12.2. The van der Waals surface area contributed by atoms with E-state index in [1.165, 1.54) is 23.1 Å². The summed E-state index contributed by atoms with van der Waals surface area (Å²) in [6, 6.07) is 5.66. The molecule has 1 aliphatic heterocycles. The van der Waals surface area contributed by atoms with Crippen LogP contribution in [0.4, 0.5) is 0 Å². The molecule has 0 aromatic heterocycles. The van der Waals surface area contributed by atoms with Gasteiger partial charge in [-0.05, 0) is 37.5 Å². The first kappa shape index (κ1) is 12.2. The first-order chi connectivity index (χ1) is 8.63. The SMILES string of the molecule is N#CC1CCCCN1C(=O)c1ccc(O)c(O)c1. The predicted molar refractivity (Wildman–Crippen MR) is 64.1 cm³/mol. The molecule has 1 aliphatic rings. The highest BCUT2D eigenvalue weighted by Crippen LogP contribution is 2.27. The summed E-state index contributed by atoms with van der Waals surface area (Å²) in [7, 11) is 0. The van der Waals surface area contributed by atoms with Crippen molar-refractivity contribution >= 4 is 5.91 Å². The van der Waals surface area contributed by atoms with Gasteiger partial charge in [0.1, 0.15) is 6.04 Å². The smallest absolute Gasteiger partial charge is 0.255 e. The third-order valence-electron chi connectivity index (χ3n) is 3.14. The Hall–Kier alpha value is -2.22. The number of rotatable bonds is 1. The van der Waals surface area contributed by atoms with Crippen molar-refractivity contribution in [3.8, 4) is 17.6 Å². The summed E-state index contributed by atoms with van der Waals surface area (Å²) in [5.41, 5.74) is 0.285. The number of hydrogen-bond acceptors (Lipinski definition) is 4. The monoisotopic (exact) mass is 246 g/mol. The van der Waals surface area contributed by atoms with Crippen LogP contribution in [-0.2, 0) is 0 Å². The van der Waals surface area contributed by atoms with Crippen molar-refractivity contribution in [3.63, 3.8) is 0 Å². The Balaban J connectivity index is 2.24. The third-order valence-corrected chi connectivity index (χ3v) is 3.14. The minimum atomic E-state index is -0.401. The highest BCUT2D eigenvalue weighted by atomic mass is 16.3. The van der Waals surface area contributed by atoms with Crippen LogP contribution in [-0.4, -0.2) is 33.6 Å². The number of nitrogens with zero attached hydrogens (tertiary/aromatic N) is 2. The third kappa shape index (κ3) is 2.23. The van der Waals surface area contributed by atoms with Crippen LogP contribution in [0.25, 0.3) is 0 Å². The summed E-state index contributed by atoms with van der Waals surface area (Å²) in [6.45, 7) is 0.554. The van der Waals surface area contributed by atoms with Crippen LogP contribution in [0.1, 0.15) is 29.6 Å². The number of phenols is 2. The van der Waals surface area contributed by atoms with Gasteiger partial charge in [-0.3, -0.25) is 4.79 Å². The first-order valence-corrected chi connectivity index (χ1v) is 5.86. The molecule has 1 atom stereocenters. The van der Waals surface area contributed by atoms with Gasteiger partial charge in [-0.2, -0.15) is 5.26 Å². The average molecular weight is 246 g/mol. The molecule has 1 aromatic carbocycles. The van der Waals surface area contributed by atoms with Gasteiger partial charge in [0.15, 0.2) is 11.5 Å². The lowest BCUT2D eigenvalue weighted by atomic mass is 10.0. The molecule has 1 saturated heterocycles. The van der Waals surface area contributed by atoms with Gasteiger partial charge >= 0.3 is 0 Å². The molecule has 1 fully saturated rings. The van der Waals surface area contributed by atoms with Crippen molar-refractivity contribution in [2.45, 2.75) is 25.3 Å². The van der Waals surface area contributed by atoms with E-state index in [4.69, 9.17) is 5.26 Å². The second-order valence-electron chi connectivity index (χ2n) is 4.34. The number of aromatic hydroxyl groups is 2. The number of phenolic OH excluding ortho intramolecular Hbond substituents is 2. The number of likely N-dealkylation sites (tertiary alicyclic amines) is 1. The van der Waals surface area contributed by atoms with Crippen molar-refractivity contribution in [2.24, 2.45) is 0 Å². The quantitative estimate of drug-likeness (QED) is 0.737. The van der Waals surface area contributed by atoms with Crippen LogP contribution in [0.3, 0.4) is 0 Å². The zero-order valence-corrected chi connectivity index (χ0v) is 9.83. The Labute approximate surface area is 105 Å². The highest BCUT2D eigenvalue weighted by molar-refractivity contribution is 5.95. The van der Waals surface area contributed by atoms with Crippen molar-refractivity contribution in [2.75, 3.05) is 6.54 Å². The minimum absolute atomic E-state index is 0.262. The maximum atomic E-state index is 12.2. The molecular formula is C13H14N2O3. The average Bonchev–Trinajstić information content (AvgIpc) is 2.41. The normalized spacial score (nSPS) is 19.3. The Morgan fingerprint density at radius 3 is 2.78 bits per heavy atom. The van der Waals surface area contributed by atoms with Gasteiger partial charge in [-0.25, -0.2) is 0 Å². The number of piperidine rings is 1. The molecule has 0 spiro atoms. The Bertz CT molecular complexity index is 507. The van der Waals surface area contributed by atoms with Crippen molar-refractivity contribution in [1.82, 2.24) is 4.90 Å². The van der Waals surface area contributed by atoms with E-state index in [2.05, 4.69) is 6.07 Å². The molecule has 0 bridgehead atoms. The molecule has 0 aliphatic carbocycles. The second kappa shape index (κ2) is 4.96. The van der Waals surface area contributed by atoms with Gasteiger partial charge in [-0.1, -0.05) is 0 Å². The Morgan fingerprint density at radius 2 is 2.11 bits per heavy atom. The van der Waals surface area contributed by atoms with E-state index in [1.54, 1.807) is 0 Å². The van der Waals surface area contributed by atoms with Crippen molar-refractivity contribution < 1.29 is 15.0 Å². The lowest BCUT2D eigenvalue weighted by Crippen LogP contribution is -2.42. The fourth-order valence-electron chi connectivity index (χ4n) is 2.13. The fourth-order valence-corrected chi connectivity index (χ4v) is 2.13. The topological polar surface area (TPSA) is 84.6 Å². The minimum Gasteiger partial charge on any atom is -0.504 e. The standard InChI is InChI=1S/C13H14N2O3/c14-8-10-3-1-2-6-15(10)13(18)9-4-5-11(16)12(17)7-9/h4-5,7,10,16-17H,1-3,6H2. The molecule has 1 unspecified atom stereocenters. The fraction of sp³-hybridized carbons (Fsp3) is 0.385. The van der Waals surface area contributed by atoms with Gasteiger partial charge in [0, 0.05) is 12.1 Å². The highest BCUT2D eigenvalue weighted by Gasteiger charge is 2.27. The van der Waals surface area contributed by atoms with Gasteiger partial charge in [0.05, 0.1) is 6.07 Å². The second-order valence-corrected chi connectivity index (χ2v) is 4.34. The van der Waals surface area contributed by atoms with Crippen LogP contribution in [0.5, 0.6) is 11.5 Å². The van der Waals surface area contributed by atoms with E-state index in [0.717, 1.165) is 12.8 Å². The van der Waals surface area contributed by atoms with Crippen LogP contribution in [0.2, 0.25) is 0 Å². The number of carbonyl (C=O) groups is 1. The summed E-state index contributed by atoms with van der Waals surface area (Å²) in [5.74, 6) is -0.870. The molecule has 2 N–H and O–H groups in total.